The van der Waals surface area contributed by atoms with Crippen LogP contribution >= 0.6 is 0 Å². The Balaban J connectivity index is 0.909. The smallest absolute Gasteiger partial charge is 0.414 e. The summed E-state index contributed by atoms with van der Waals surface area (Å²) in [5, 5.41) is 7.74. The van der Waals surface area contributed by atoms with E-state index in [2.05, 4.69) is 16.4 Å². The van der Waals surface area contributed by atoms with E-state index in [0.717, 1.165) is 44.6 Å². The molecule has 10 rings (SSSR count). The molecule has 4 saturated heterocycles. The molecule has 4 aliphatic heterocycles. The molecule has 0 radical (unpaired) electrons. The molecule has 1 aromatic carbocycles. The summed E-state index contributed by atoms with van der Waals surface area (Å²) in [6, 6.07) is 9.21. The van der Waals surface area contributed by atoms with Crippen molar-refractivity contribution in [2.24, 2.45) is 57.1 Å². The first kappa shape index (κ1) is 33.1. The molecule has 0 bridgehead atoms. The molecule has 276 valence electrons. The maximum atomic E-state index is 15.8. The minimum atomic E-state index is -0.520. The van der Waals surface area contributed by atoms with Crippen molar-refractivity contribution in [3.05, 3.63) is 60.4 Å². The first-order chi connectivity index (χ1) is 25.3. The molecule has 6 N–H and O–H groups in total. The van der Waals surface area contributed by atoms with Gasteiger partial charge >= 0.3 is 6.09 Å². The number of anilines is 1. The van der Waals surface area contributed by atoms with Crippen LogP contribution in [0.3, 0.4) is 0 Å². The van der Waals surface area contributed by atoms with E-state index in [9.17, 15) is 4.79 Å². The van der Waals surface area contributed by atoms with Crippen molar-refractivity contribution in [1.29, 1.82) is 0 Å². The van der Waals surface area contributed by atoms with Crippen LogP contribution in [0.1, 0.15) is 37.3 Å². The maximum Gasteiger partial charge on any atom is 0.414 e. The number of amides is 1. The highest BCUT2D eigenvalue weighted by atomic mass is 19.1. The summed E-state index contributed by atoms with van der Waals surface area (Å²) in [5.74, 6) is 0.906. The van der Waals surface area contributed by atoms with Crippen molar-refractivity contribution in [2.45, 2.75) is 62.4 Å². The van der Waals surface area contributed by atoms with E-state index in [-0.39, 0.29) is 58.7 Å². The lowest BCUT2D eigenvalue weighted by atomic mass is 9.66. The van der Waals surface area contributed by atoms with Crippen LogP contribution in [-0.2, 0) is 25.5 Å². The van der Waals surface area contributed by atoms with Crippen LogP contribution in [0.4, 0.5) is 14.9 Å². The second-order valence-electron chi connectivity index (χ2n) is 16.6. The zero-order chi connectivity index (χ0) is 35.4. The van der Waals surface area contributed by atoms with Crippen molar-refractivity contribution in [2.75, 3.05) is 51.1 Å². The number of nitrogens with two attached hydrogens (primary N) is 3. The summed E-state index contributed by atoms with van der Waals surface area (Å²) in [6.07, 6.45) is 8.33. The average molecular weight is 715 g/mol. The Morgan fingerprint density at radius 1 is 0.923 bits per heavy atom. The number of fused-ring (bicyclic) bond motifs is 3. The summed E-state index contributed by atoms with van der Waals surface area (Å²) in [7, 11) is 0. The number of halogens is 1. The fourth-order valence-electron chi connectivity index (χ4n) is 11.3. The molecular formula is C38H47FN8O5. The first-order valence-corrected chi connectivity index (χ1v) is 18.9. The number of hydrogen-bond donors (Lipinski definition) is 3. The van der Waals surface area contributed by atoms with Crippen LogP contribution in [0, 0.1) is 45.7 Å². The number of carbonyl (C=O) groups excluding carboxylic acids is 1. The molecule has 6 heterocycles. The summed E-state index contributed by atoms with van der Waals surface area (Å²) in [6.45, 7) is 4.84. The van der Waals surface area contributed by atoms with Gasteiger partial charge in [0.1, 0.15) is 11.9 Å². The molecule has 14 heteroatoms. The number of aromatic nitrogens is 4. The third-order valence-corrected chi connectivity index (χ3v) is 14.5. The molecule has 52 heavy (non-hydrogen) atoms. The predicted molar refractivity (Wildman–Crippen MR) is 186 cm³/mol. The Morgan fingerprint density at radius 3 is 2.35 bits per heavy atom. The van der Waals surface area contributed by atoms with Gasteiger partial charge in [0.25, 0.3) is 0 Å². The fraction of sp³-hybridized carbons (Fsp3) is 0.632. The zero-order valence-corrected chi connectivity index (χ0v) is 29.2. The van der Waals surface area contributed by atoms with Gasteiger partial charge in [-0.1, -0.05) is 24.1 Å². The Labute approximate surface area is 301 Å². The topological polar surface area (TPSA) is 179 Å². The van der Waals surface area contributed by atoms with Crippen molar-refractivity contribution in [3.63, 3.8) is 0 Å². The van der Waals surface area contributed by atoms with Gasteiger partial charge in [0, 0.05) is 87.3 Å². The second-order valence-corrected chi connectivity index (χ2v) is 16.6. The van der Waals surface area contributed by atoms with Gasteiger partial charge in [-0.05, 0) is 43.0 Å². The minimum absolute atomic E-state index is 0.0280. The summed E-state index contributed by atoms with van der Waals surface area (Å²) < 4.78 is 40.9. The van der Waals surface area contributed by atoms with E-state index in [0.29, 0.717) is 61.6 Å². The highest BCUT2D eigenvalue weighted by Crippen LogP contribution is 2.72. The number of nitrogens with zero attached hydrogens (tertiary/aromatic N) is 5. The number of cyclic esters (lactones) is 1. The van der Waals surface area contributed by atoms with E-state index >= 15 is 4.39 Å². The van der Waals surface area contributed by atoms with Gasteiger partial charge < -0.3 is 36.1 Å². The lowest BCUT2D eigenvalue weighted by molar-refractivity contribution is 0.0722. The van der Waals surface area contributed by atoms with Crippen LogP contribution in [0.2, 0.25) is 0 Å². The Hall–Kier alpha value is -3.53. The molecule has 0 spiro atoms. The van der Waals surface area contributed by atoms with Crippen molar-refractivity contribution in [3.8, 4) is 11.1 Å². The Morgan fingerprint density at radius 2 is 1.69 bits per heavy atom. The Kier molecular flexibility index (Phi) is 7.62. The van der Waals surface area contributed by atoms with Crippen molar-refractivity contribution < 1.29 is 28.1 Å². The third-order valence-electron chi connectivity index (χ3n) is 14.5. The number of ether oxygens (including phenoxy) is 4. The predicted octanol–water partition coefficient (Wildman–Crippen LogP) is 2.69. The Bertz CT molecular complexity index is 1850. The second kappa shape index (κ2) is 12.0. The number of hydrogen-bond acceptors (Lipinski definition) is 11. The van der Waals surface area contributed by atoms with E-state index in [1.807, 2.05) is 6.07 Å². The van der Waals surface area contributed by atoms with Gasteiger partial charge in [0.05, 0.1) is 64.6 Å². The van der Waals surface area contributed by atoms with Crippen LogP contribution in [-0.4, -0.2) is 96.5 Å². The number of rotatable bonds is 13. The van der Waals surface area contributed by atoms with Crippen molar-refractivity contribution in [1.82, 2.24) is 20.0 Å². The van der Waals surface area contributed by atoms with Gasteiger partial charge in [-0.2, -0.15) is 0 Å². The largest absolute Gasteiger partial charge is 0.442 e. The number of carbonyl (C=O) groups is 1. The van der Waals surface area contributed by atoms with Gasteiger partial charge in [0.15, 0.2) is 0 Å². The fourth-order valence-corrected chi connectivity index (χ4v) is 11.3. The molecule has 7 aliphatic rings. The van der Waals surface area contributed by atoms with Gasteiger partial charge in [-0.25, -0.2) is 13.9 Å². The van der Waals surface area contributed by atoms with E-state index in [1.54, 1.807) is 35.4 Å². The van der Waals surface area contributed by atoms with Gasteiger partial charge in [-0.15, -0.1) is 5.10 Å². The molecule has 2 aromatic heterocycles. The van der Waals surface area contributed by atoms with E-state index in [4.69, 9.17) is 41.1 Å². The lowest BCUT2D eigenvalue weighted by Gasteiger charge is -2.38. The van der Waals surface area contributed by atoms with Crippen LogP contribution in [0.5, 0.6) is 0 Å². The molecule has 12 atom stereocenters. The van der Waals surface area contributed by atoms with Gasteiger partial charge in [-0.3, -0.25) is 9.88 Å². The lowest BCUT2D eigenvalue weighted by Crippen LogP contribution is -2.39. The third kappa shape index (κ3) is 4.80. The molecule has 3 aromatic rings. The summed E-state index contributed by atoms with van der Waals surface area (Å²) in [5.41, 5.74) is 22.6. The molecular weight excluding hydrogens is 667 g/mol. The van der Waals surface area contributed by atoms with E-state index < -0.39 is 18.0 Å². The number of pyridine rings is 1. The summed E-state index contributed by atoms with van der Waals surface area (Å²) in [4.78, 5) is 19.2. The highest BCUT2D eigenvalue weighted by molar-refractivity contribution is 5.90. The summed E-state index contributed by atoms with van der Waals surface area (Å²) >= 11 is 0. The minimum Gasteiger partial charge on any atom is -0.442 e. The van der Waals surface area contributed by atoms with Crippen LogP contribution in [0.25, 0.3) is 11.1 Å². The quantitative estimate of drug-likeness (QED) is 0.222. The maximum absolute atomic E-state index is 15.8. The highest BCUT2D eigenvalue weighted by Gasteiger charge is 2.77. The van der Waals surface area contributed by atoms with Crippen molar-refractivity contribution >= 4 is 11.8 Å². The molecule has 13 nitrogen and oxygen atoms in total. The SMILES string of the molecule is NC1C2COCC12CCCCC(C(c1ccc(-c2ccc(N3C[C@H](Cn4ccnn4)OC3=O)cc2F)cn1)C12COCC1C2N)C12COCC1C2N. The van der Waals surface area contributed by atoms with Crippen LogP contribution in [0.15, 0.2) is 48.9 Å². The number of unbranched alkanes of at least 4 members (excludes halogenated alkanes) is 1. The standard InChI is InChI=1S/C38H47FN8O5/c39-29-11-22(47-14-23(52-35(47)48)13-46-10-9-44-45-46)5-6-24(29)21-4-7-30(43-12-21)31(38-20-51-17-28(38)34(38)42)25(37-19-50-16-27(37)33(37)41)3-1-2-8-36-18-49-15-26(36)32(36)40/h4-7,9-12,23,25-28,31-34H,1-3,8,13-20,40-42H2/t23-,25?,26?,27?,28?,31?,32?,33?,34?,36?,37?,38?/m0/s1. The first-order valence-electron chi connectivity index (χ1n) is 18.9. The molecule has 1 amide bonds. The monoisotopic (exact) mass is 714 g/mol. The normalized spacial score (nSPS) is 39.2. The zero-order valence-electron chi connectivity index (χ0n) is 29.2. The van der Waals surface area contributed by atoms with Crippen LogP contribution < -0.4 is 22.1 Å². The van der Waals surface area contributed by atoms with Gasteiger partial charge in [0.2, 0.25) is 0 Å². The molecule has 11 unspecified atom stereocenters. The number of benzene rings is 1. The molecule has 3 saturated carbocycles. The average Bonchev–Trinajstić information content (AvgIpc) is 3.69. The molecule has 3 aliphatic carbocycles. The van der Waals surface area contributed by atoms with E-state index in [1.165, 1.54) is 11.0 Å². The molecule has 7 fully saturated rings.